The standard InChI is InChI=1S/C16H20F3N3O2/c1-21(2)14(23)11-4-3-9-22(10-11)15(24)20-13-7-5-12(6-8-13)16(17,18)19/h5-8,11H,3-4,9-10H2,1-2H3,(H,20,24)/t11-/m1/s1. The zero-order valence-electron chi connectivity index (χ0n) is 13.6. The Labute approximate surface area is 138 Å². The van der Waals surface area contributed by atoms with E-state index in [-0.39, 0.29) is 17.5 Å². The van der Waals surface area contributed by atoms with E-state index >= 15 is 0 Å². The van der Waals surface area contributed by atoms with E-state index in [2.05, 4.69) is 5.32 Å². The molecule has 3 amide bonds. The van der Waals surface area contributed by atoms with E-state index in [4.69, 9.17) is 0 Å². The van der Waals surface area contributed by atoms with E-state index in [0.29, 0.717) is 19.5 Å². The average molecular weight is 343 g/mol. The van der Waals surface area contributed by atoms with Crippen molar-refractivity contribution in [1.82, 2.24) is 9.80 Å². The molecule has 1 aliphatic rings. The fourth-order valence-electron chi connectivity index (χ4n) is 2.67. The maximum absolute atomic E-state index is 12.5. The van der Waals surface area contributed by atoms with Crippen LogP contribution < -0.4 is 5.32 Å². The molecular formula is C16H20F3N3O2. The molecule has 1 N–H and O–H groups in total. The van der Waals surface area contributed by atoms with Crippen LogP contribution in [-0.4, -0.2) is 48.9 Å². The van der Waals surface area contributed by atoms with E-state index in [9.17, 15) is 22.8 Å². The highest BCUT2D eigenvalue weighted by Gasteiger charge is 2.31. The Morgan fingerprint density at radius 1 is 1.21 bits per heavy atom. The normalized spacial score (nSPS) is 18.2. The number of rotatable bonds is 2. The third kappa shape index (κ3) is 4.39. The van der Waals surface area contributed by atoms with Crippen LogP contribution in [0.25, 0.3) is 0 Å². The number of carbonyl (C=O) groups excluding carboxylic acids is 2. The molecule has 0 aliphatic carbocycles. The maximum Gasteiger partial charge on any atom is 0.416 e. The first-order valence-electron chi connectivity index (χ1n) is 7.63. The first-order valence-corrected chi connectivity index (χ1v) is 7.63. The molecule has 1 saturated heterocycles. The topological polar surface area (TPSA) is 52.7 Å². The van der Waals surface area contributed by atoms with Crippen LogP contribution in [-0.2, 0) is 11.0 Å². The molecule has 1 aromatic rings. The van der Waals surface area contributed by atoms with E-state index in [1.54, 1.807) is 14.1 Å². The number of anilines is 1. The third-order valence-electron chi connectivity index (χ3n) is 3.96. The number of carbonyl (C=O) groups is 2. The van der Waals surface area contributed by atoms with Gasteiger partial charge in [0, 0.05) is 32.9 Å². The fraction of sp³-hybridized carbons (Fsp3) is 0.500. The number of nitrogens with zero attached hydrogens (tertiary/aromatic N) is 2. The first kappa shape index (κ1) is 18.1. The van der Waals surface area contributed by atoms with E-state index < -0.39 is 17.8 Å². The van der Waals surface area contributed by atoms with Gasteiger partial charge in [0.15, 0.2) is 0 Å². The molecule has 0 spiro atoms. The SMILES string of the molecule is CN(C)C(=O)[C@@H]1CCCN(C(=O)Nc2ccc(C(F)(F)F)cc2)C1. The highest BCUT2D eigenvalue weighted by atomic mass is 19.4. The lowest BCUT2D eigenvalue weighted by Gasteiger charge is -2.33. The van der Waals surface area contributed by atoms with Crippen molar-refractivity contribution in [3.05, 3.63) is 29.8 Å². The lowest BCUT2D eigenvalue weighted by atomic mass is 9.97. The van der Waals surface area contributed by atoms with Crippen molar-refractivity contribution >= 4 is 17.6 Å². The van der Waals surface area contributed by atoms with E-state index in [0.717, 1.165) is 18.6 Å². The molecule has 1 aliphatic heterocycles. The highest BCUT2D eigenvalue weighted by Crippen LogP contribution is 2.30. The van der Waals surface area contributed by atoms with Crippen molar-refractivity contribution in [3.8, 4) is 0 Å². The van der Waals surface area contributed by atoms with Crippen molar-refractivity contribution < 1.29 is 22.8 Å². The Morgan fingerprint density at radius 2 is 1.83 bits per heavy atom. The number of alkyl halides is 3. The Kier molecular flexibility index (Phi) is 5.36. The summed E-state index contributed by atoms with van der Waals surface area (Å²) in [7, 11) is 3.34. The molecule has 8 heteroatoms. The molecule has 2 rings (SSSR count). The summed E-state index contributed by atoms with van der Waals surface area (Å²) in [5.74, 6) is -0.269. The summed E-state index contributed by atoms with van der Waals surface area (Å²) < 4.78 is 37.6. The second kappa shape index (κ2) is 7.11. The van der Waals surface area contributed by atoms with Gasteiger partial charge in [-0.05, 0) is 37.1 Å². The molecule has 132 valence electrons. The number of hydrogen-bond acceptors (Lipinski definition) is 2. The van der Waals surface area contributed by atoms with E-state index in [1.165, 1.54) is 21.9 Å². The summed E-state index contributed by atoms with van der Waals surface area (Å²) in [6, 6.07) is 3.86. The minimum absolute atomic E-state index is 0.0259. The van der Waals surface area contributed by atoms with Crippen molar-refractivity contribution in [1.29, 1.82) is 0 Å². The predicted octanol–water partition coefficient (Wildman–Crippen LogP) is 3.04. The molecule has 0 unspecified atom stereocenters. The minimum Gasteiger partial charge on any atom is -0.349 e. The van der Waals surface area contributed by atoms with Crippen LogP contribution in [0.5, 0.6) is 0 Å². The van der Waals surface area contributed by atoms with Crippen LogP contribution in [0.2, 0.25) is 0 Å². The third-order valence-corrected chi connectivity index (χ3v) is 3.96. The first-order chi connectivity index (χ1) is 11.2. The smallest absolute Gasteiger partial charge is 0.349 e. The molecule has 0 aromatic heterocycles. The number of halogens is 3. The van der Waals surface area contributed by atoms with Gasteiger partial charge in [0.25, 0.3) is 0 Å². The van der Waals surface area contributed by atoms with Gasteiger partial charge in [0.2, 0.25) is 5.91 Å². The van der Waals surface area contributed by atoms with E-state index in [1.807, 2.05) is 0 Å². The number of nitrogens with one attached hydrogen (secondary N) is 1. The van der Waals surface area contributed by atoms with Gasteiger partial charge in [0.1, 0.15) is 0 Å². The average Bonchev–Trinajstić information content (AvgIpc) is 2.53. The Bertz CT molecular complexity index is 600. The van der Waals surface area contributed by atoms with Gasteiger partial charge in [-0.1, -0.05) is 0 Å². The Hall–Kier alpha value is -2.25. The van der Waals surface area contributed by atoms with Gasteiger partial charge in [-0.25, -0.2) is 4.79 Å². The lowest BCUT2D eigenvalue weighted by Crippen LogP contribution is -2.46. The number of piperidine rings is 1. The quantitative estimate of drug-likeness (QED) is 0.897. The summed E-state index contributed by atoms with van der Waals surface area (Å²) in [5.41, 5.74) is -0.482. The molecule has 1 atom stereocenters. The second-order valence-corrected chi connectivity index (χ2v) is 6.02. The molecule has 24 heavy (non-hydrogen) atoms. The van der Waals surface area contributed by atoms with Gasteiger partial charge in [-0.15, -0.1) is 0 Å². The monoisotopic (exact) mass is 343 g/mol. The van der Waals surface area contributed by atoms with Crippen molar-refractivity contribution in [3.63, 3.8) is 0 Å². The maximum atomic E-state index is 12.5. The zero-order chi connectivity index (χ0) is 17.9. The largest absolute Gasteiger partial charge is 0.416 e. The fourth-order valence-corrected chi connectivity index (χ4v) is 2.67. The second-order valence-electron chi connectivity index (χ2n) is 6.02. The number of likely N-dealkylation sites (tertiary alicyclic amines) is 1. The van der Waals surface area contributed by atoms with Crippen molar-refractivity contribution in [2.75, 3.05) is 32.5 Å². The summed E-state index contributed by atoms with van der Waals surface area (Å²) in [6.45, 7) is 0.827. The number of urea groups is 1. The van der Waals surface area contributed by atoms with Crippen molar-refractivity contribution in [2.24, 2.45) is 5.92 Å². The molecule has 0 saturated carbocycles. The summed E-state index contributed by atoms with van der Waals surface area (Å²) in [5, 5.41) is 2.57. The van der Waals surface area contributed by atoms with Crippen LogP contribution in [0.15, 0.2) is 24.3 Å². The van der Waals surface area contributed by atoms with Gasteiger partial charge in [0.05, 0.1) is 11.5 Å². The summed E-state index contributed by atoms with van der Waals surface area (Å²) in [4.78, 5) is 27.3. The molecule has 1 fully saturated rings. The van der Waals surface area contributed by atoms with Gasteiger partial charge >= 0.3 is 12.2 Å². The lowest BCUT2D eigenvalue weighted by molar-refractivity contribution is -0.137. The Morgan fingerprint density at radius 3 is 2.38 bits per heavy atom. The number of hydrogen-bond donors (Lipinski definition) is 1. The predicted molar refractivity (Wildman–Crippen MR) is 83.5 cm³/mol. The molecule has 5 nitrogen and oxygen atoms in total. The summed E-state index contributed by atoms with van der Waals surface area (Å²) in [6.07, 6.45) is -2.97. The highest BCUT2D eigenvalue weighted by molar-refractivity contribution is 5.90. The van der Waals surface area contributed by atoms with Gasteiger partial charge in [-0.2, -0.15) is 13.2 Å². The summed E-state index contributed by atoms with van der Waals surface area (Å²) >= 11 is 0. The number of benzene rings is 1. The minimum atomic E-state index is -4.41. The molecule has 0 radical (unpaired) electrons. The van der Waals surface area contributed by atoms with Crippen molar-refractivity contribution in [2.45, 2.75) is 19.0 Å². The molecule has 1 aromatic carbocycles. The molecule has 0 bridgehead atoms. The van der Waals surface area contributed by atoms with Crippen LogP contribution in [0, 0.1) is 5.92 Å². The van der Waals surface area contributed by atoms with Gasteiger partial charge in [-0.3, -0.25) is 4.79 Å². The van der Waals surface area contributed by atoms with Gasteiger partial charge < -0.3 is 15.1 Å². The zero-order valence-corrected chi connectivity index (χ0v) is 13.6. The van der Waals surface area contributed by atoms with Crippen LogP contribution in [0.4, 0.5) is 23.7 Å². The van der Waals surface area contributed by atoms with Crippen LogP contribution >= 0.6 is 0 Å². The van der Waals surface area contributed by atoms with Crippen LogP contribution in [0.1, 0.15) is 18.4 Å². The van der Waals surface area contributed by atoms with Crippen LogP contribution in [0.3, 0.4) is 0 Å². The Balaban J connectivity index is 1.98. The number of amides is 3. The molecule has 1 heterocycles. The molecular weight excluding hydrogens is 323 g/mol.